The second-order valence-corrected chi connectivity index (χ2v) is 66.6. The molecule has 0 saturated heterocycles. The molecule has 0 saturated carbocycles. The Balaban J connectivity index is 5.63. The summed E-state index contributed by atoms with van der Waals surface area (Å²) in [4.78, 5) is 50.6. The molecule has 6 unspecified atom stereocenters. The van der Waals surface area contributed by atoms with Crippen LogP contribution in [-0.2, 0) is 66.3 Å². The number of ether oxygens (including phenoxy) is 3. The van der Waals surface area contributed by atoms with Crippen LogP contribution in [-0.4, -0.2) is 145 Å². The standard InChI is InChI=1S/C50H114O17Si10/c1-23-25-27-29-39-74(19,60-68(3,4)5)64-72(15,16)66-76(21,62-70(9,10)11)41-31-33-45(43-47(51)52)49(55)58-37-35-57-36-38-59-50(56)46(44-48(53)54)34-32-42-77(22,63-71(12,13)14)67-73(17,18)65-75(20,61-69(6,7)8)40-30-28-26-24-2/h45-46H,23-44H2,1-22H3,(H,51,52)(H,53,54). The number of carbonyl (C=O) groups is 4. The summed E-state index contributed by atoms with van der Waals surface area (Å²) in [5, 5.41) is 19.5. The second kappa shape index (κ2) is 34.5. The monoisotopic (exact) mass is 1270 g/mol. The van der Waals surface area contributed by atoms with Crippen molar-refractivity contribution >= 4 is 109 Å². The van der Waals surface area contributed by atoms with Gasteiger partial charge in [0.2, 0.25) is 0 Å². The molecule has 0 aliphatic heterocycles. The maximum absolute atomic E-state index is 13.3. The van der Waals surface area contributed by atoms with E-state index < -0.39 is 120 Å². The van der Waals surface area contributed by atoms with Gasteiger partial charge in [0.05, 0.1) is 37.9 Å². The van der Waals surface area contributed by atoms with Crippen LogP contribution in [0.4, 0.5) is 0 Å². The van der Waals surface area contributed by atoms with Crippen LogP contribution >= 0.6 is 0 Å². The molecular formula is C50H114O17Si10. The van der Waals surface area contributed by atoms with E-state index in [9.17, 15) is 29.4 Å². The topological polar surface area (TPSA) is 210 Å². The lowest BCUT2D eigenvalue weighted by Crippen LogP contribution is -2.59. The lowest BCUT2D eigenvalue weighted by Gasteiger charge is -2.44. The van der Waals surface area contributed by atoms with Gasteiger partial charge < -0.3 is 57.3 Å². The van der Waals surface area contributed by atoms with Crippen LogP contribution in [0.1, 0.15) is 104 Å². The van der Waals surface area contributed by atoms with Crippen LogP contribution in [0.15, 0.2) is 0 Å². The summed E-state index contributed by atoms with van der Waals surface area (Å²) in [6, 6.07) is 2.90. The number of carboxylic acids is 2. The summed E-state index contributed by atoms with van der Waals surface area (Å²) < 4.78 is 72.1. The zero-order chi connectivity index (χ0) is 59.8. The van der Waals surface area contributed by atoms with Gasteiger partial charge in [-0.1, -0.05) is 78.1 Å². The maximum atomic E-state index is 13.3. The number of hydrogen-bond acceptors (Lipinski definition) is 15. The Hall–Kier alpha value is -0.311. The minimum atomic E-state index is -2.90. The van der Waals surface area contributed by atoms with E-state index in [-0.39, 0.29) is 52.1 Å². The highest BCUT2D eigenvalue weighted by molar-refractivity contribution is 6.92. The normalized spacial score (nSPS) is 17.1. The quantitative estimate of drug-likeness (QED) is 0.0330. The Morgan fingerprint density at radius 2 is 0.610 bits per heavy atom. The van der Waals surface area contributed by atoms with E-state index in [1.807, 2.05) is 0 Å². The SMILES string of the molecule is CCCCCC[Si](C)(O[Si](C)(C)C)O[Si](C)(C)O[Si](C)(CCCC(CC(=O)O)C(=O)OCCOCCOC(=O)C(CCC[Si](C)(O[Si](C)(C)C)O[Si](C)(C)O[Si](C)(CCCCCC)O[Si](C)(C)C)CC(=O)O)O[Si](C)(C)C. The van der Waals surface area contributed by atoms with E-state index in [1.54, 1.807) is 0 Å². The van der Waals surface area contributed by atoms with Gasteiger partial charge >= 0.3 is 75.2 Å². The van der Waals surface area contributed by atoms with Crippen LogP contribution in [0, 0.1) is 11.8 Å². The molecule has 6 atom stereocenters. The predicted molar refractivity (Wildman–Crippen MR) is 334 cm³/mol. The largest absolute Gasteiger partial charge is 0.481 e. The first-order valence-electron chi connectivity index (χ1n) is 28.8. The third kappa shape index (κ3) is 39.7. The number of carboxylic acid groups (broad SMARTS) is 2. The molecule has 0 rings (SSSR count). The molecular weight excluding hydrogens is 1150 g/mol. The number of aliphatic carboxylic acids is 2. The summed E-state index contributed by atoms with van der Waals surface area (Å²) in [6.07, 6.45) is 9.79. The highest BCUT2D eigenvalue weighted by Gasteiger charge is 2.50. The highest BCUT2D eigenvalue weighted by Crippen LogP contribution is 2.35. The maximum Gasteiger partial charge on any atom is 0.315 e. The van der Waals surface area contributed by atoms with Gasteiger partial charge in [-0.05, 0) is 168 Å². The lowest BCUT2D eigenvalue weighted by molar-refractivity contribution is -0.156. The molecule has 0 heterocycles. The Morgan fingerprint density at radius 3 is 0.844 bits per heavy atom. The van der Waals surface area contributed by atoms with Gasteiger partial charge in [-0.25, -0.2) is 0 Å². The van der Waals surface area contributed by atoms with Crippen molar-refractivity contribution in [3.05, 3.63) is 0 Å². The summed E-state index contributed by atoms with van der Waals surface area (Å²) in [7, 11) is -24.7. The second-order valence-electron chi connectivity index (χ2n) is 26.5. The Labute approximate surface area is 479 Å². The fourth-order valence-electron chi connectivity index (χ4n) is 10.1. The Morgan fingerprint density at radius 1 is 0.351 bits per heavy atom. The van der Waals surface area contributed by atoms with Crippen molar-refractivity contribution in [1.82, 2.24) is 0 Å². The third-order valence-corrected chi connectivity index (χ3v) is 48.3. The Bertz CT molecular complexity index is 1620. The smallest absolute Gasteiger partial charge is 0.315 e. The number of esters is 2. The van der Waals surface area contributed by atoms with Crippen molar-refractivity contribution in [2.24, 2.45) is 11.8 Å². The average Bonchev–Trinajstić information content (AvgIpc) is 3.18. The molecule has 456 valence electrons. The molecule has 2 N–H and O–H groups in total. The Kier molecular flexibility index (Phi) is 34.3. The fraction of sp³-hybridized carbons (Fsp3) is 0.920. The molecule has 17 nitrogen and oxygen atoms in total. The van der Waals surface area contributed by atoms with Crippen molar-refractivity contribution in [1.29, 1.82) is 0 Å². The molecule has 0 aliphatic carbocycles. The van der Waals surface area contributed by atoms with Crippen LogP contribution in [0.25, 0.3) is 0 Å². The van der Waals surface area contributed by atoms with Gasteiger partial charge in [-0.15, -0.1) is 0 Å². The molecule has 0 spiro atoms. The van der Waals surface area contributed by atoms with Crippen LogP contribution in [0.5, 0.6) is 0 Å². The van der Waals surface area contributed by atoms with E-state index in [0.29, 0.717) is 24.9 Å². The predicted octanol–water partition coefficient (Wildman–Crippen LogP) is 14.2. The van der Waals surface area contributed by atoms with Gasteiger partial charge in [0.1, 0.15) is 13.2 Å². The van der Waals surface area contributed by atoms with Crippen LogP contribution in [0.3, 0.4) is 0 Å². The van der Waals surface area contributed by atoms with Crippen LogP contribution < -0.4 is 0 Å². The summed E-state index contributed by atoms with van der Waals surface area (Å²) in [5.41, 5.74) is 0. The molecule has 0 aromatic carbocycles. The van der Waals surface area contributed by atoms with E-state index in [1.165, 1.54) is 12.8 Å². The van der Waals surface area contributed by atoms with Gasteiger partial charge in [0, 0.05) is 0 Å². The van der Waals surface area contributed by atoms with Crippen molar-refractivity contribution in [3.8, 4) is 0 Å². The molecule has 0 amide bonds. The third-order valence-electron chi connectivity index (χ3n) is 11.7. The van der Waals surface area contributed by atoms with Gasteiger partial charge in [-0.2, -0.15) is 0 Å². The van der Waals surface area contributed by atoms with E-state index in [0.717, 1.165) is 50.6 Å². The summed E-state index contributed by atoms with van der Waals surface area (Å²) >= 11 is 0. The van der Waals surface area contributed by atoms with Gasteiger partial charge in [-0.3, -0.25) is 19.2 Å². The molecule has 0 radical (unpaired) electrons. The first kappa shape index (κ1) is 76.7. The number of unbranched alkanes of at least 4 members (excludes halogenated alkanes) is 6. The molecule has 0 aromatic heterocycles. The number of hydrogen-bond donors (Lipinski definition) is 2. The summed E-state index contributed by atoms with van der Waals surface area (Å²) in [6.45, 7) is 46.8. The van der Waals surface area contributed by atoms with Gasteiger partial charge in [0.15, 0.2) is 33.3 Å². The first-order chi connectivity index (χ1) is 34.9. The first-order valence-corrected chi connectivity index (χ1v) is 58.2. The van der Waals surface area contributed by atoms with Gasteiger partial charge in [0.25, 0.3) is 0 Å². The highest BCUT2D eigenvalue weighted by atomic mass is 28.5. The molecule has 0 fully saturated rings. The number of carbonyl (C=O) groups excluding carboxylic acids is 2. The van der Waals surface area contributed by atoms with E-state index in [4.69, 9.17) is 47.1 Å². The van der Waals surface area contributed by atoms with Crippen LogP contribution in [0.2, 0.25) is 155 Å². The summed E-state index contributed by atoms with van der Waals surface area (Å²) in [5.74, 6) is -5.24. The van der Waals surface area contributed by atoms with E-state index >= 15 is 0 Å². The minimum Gasteiger partial charge on any atom is -0.481 e. The molecule has 77 heavy (non-hydrogen) atoms. The molecule has 0 aromatic rings. The zero-order valence-corrected chi connectivity index (χ0v) is 62.7. The van der Waals surface area contributed by atoms with Crippen molar-refractivity contribution in [2.45, 2.75) is 259 Å². The molecule has 0 aliphatic rings. The minimum absolute atomic E-state index is 0.0130. The average molecular weight is 1270 g/mol. The number of rotatable bonds is 46. The van der Waals surface area contributed by atoms with Crippen molar-refractivity contribution in [3.63, 3.8) is 0 Å². The van der Waals surface area contributed by atoms with Crippen molar-refractivity contribution < 1.29 is 76.5 Å². The molecule has 0 bridgehead atoms. The fourth-order valence-corrected chi connectivity index (χ4v) is 57.4. The van der Waals surface area contributed by atoms with E-state index in [2.05, 4.69) is 145 Å². The molecule has 27 heteroatoms. The zero-order valence-electron chi connectivity index (χ0n) is 52.7. The van der Waals surface area contributed by atoms with Crippen molar-refractivity contribution in [2.75, 3.05) is 26.4 Å². The lowest BCUT2D eigenvalue weighted by atomic mass is 10.0.